The zero-order chi connectivity index (χ0) is 29.0. The fourth-order valence-electron chi connectivity index (χ4n) is 6.07. The van der Waals surface area contributed by atoms with Crippen LogP contribution in [-0.2, 0) is 14.9 Å². The predicted octanol–water partition coefficient (Wildman–Crippen LogP) is 3.28. The van der Waals surface area contributed by atoms with Crippen LogP contribution in [0.4, 0.5) is 10.1 Å². The Hall–Kier alpha value is -3.57. The molecule has 1 aromatic heterocycles. The van der Waals surface area contributed by atoms with Gasteiger partial charge in [-0.2, -0.15) is 18.0 Å². The highest BCUT2D eigenvalue weighted by atomic mass is 32.2. The van der Waals surface area contributed by atoms with Gasteiger partial charge in [-0.25, -0.2) is 9.37 Å². The molecule has 3 heterocycles. The number of halogens is 1. The number of rotatable bonds is 7. The summed E-state index contributed by atoms with van der Waals surface area (Å²) in [5.41, 5.74) is -0.427. The molecule has 13 heteroatoms. The molecule has 3 aliphatic rings. The zero-order valence-electron chi connectivity index (χ0n) is 22.8. The molecule has 216 valence electrons. The molecule has 3 fully saturated rings. The van der Waals surface area contributed by atoms with Crippen LogP contribution in [0.25, 0.3) is 10.9 Å². The summed E-state index contributed by atoms with van der Waals surface area (Å²) in [7, 11) is -2.59. The van der Waals surface area contributed by atoms with Gasteiger partial charge in [0.25, 0.3) is 5.56 Å². The summed E-state index contributed by atoms with van der Waals surface area (Å²) in [6.07, 6.45) is 5.27. The number of nitrogens with zero attached hydrogens (tertiary/aromatic N) is 4. The lowest BCUT2D eigenvalue weighted by molar-refractivity contribution is -0.0200. The minimum absolute atomic E-state index is 0.0145. The number of aromatic nitrogens is 2. The molecule has 0 amide bonds. The van der Waals surface area contributed by atoms with Crippen LogP contribution < -0.4 is 20.3 Å². The van der Waals surface area contributed by atoms with Crippen LogP contribution in [0.2, 0.25) is 0 Å². The first-order chi connectivity index (χ1) is 19.6. The van der Waals surface area contributed by atoms with Crippen molar-refractivity contribution in [2.24, 2.45) is 5.41 Å². The molecule has 2 aromatic carbocycles. The third kappa shape index (κ3) is 4.84. The molecule has 2 spiro atoms. The summed E-state index contributed by atoms with van der Waals surface area (Å²) in [5, 5.41) is 13.5. The highest BCUT2D eigenvalue weighted by molar-refractivity contribution is 7.90. The molecule has 11 nitrogen and oxygen atoms in total. The minimum Gasteiger partial charge on any atom is -0.453 e. The van der Waals surface area contributed by atoms with Crippen LogP contribution in [-0.4, -0.2) is 61.2 Å². The van der Waals surface area contributed by atoms with Crippen molar-refractivity contribution in [2.45, 2.75) is 44.2 Å². The fourth-order valence-corrected chi connectivity index (χ4v) is 7.01. The molecule has 2 saturated heterocycles. The molecular formula is C28H31FN6O5S. The lowest BCUT2D eigenvalue weighted by Gasteiger charge is -2.33. The second-order valence-electron chi connectivity index (χ2n) is 11.2. The molecule has 0 radical (unpaired) electrons. The van der Waals surface area contributed by atoms with Crippen LogP contribution in [0.1, 0.15) is 44.2 Å². The lowest BCUT2D eigenvalue weighted by Crippen LogP contribution is -2.41. The average molecular weight is 583 g/mol. The number of ether oxygens (including phenoxy) is 2. The van der Waals surface area contributed by atoms with E-state index >= 15 is 0 Å². The van der Waals surface area contributed by atoms with E-state index in [1.165, 1.54) is 19.2 Å². The summed E-state index contributed by atoms with van der Waals surface area (Å²) < 4.78 is 57.1. The van der Waals surface area contributed by atoms with Gasteiger partial charge in [-0.05, 0) is 69.1 Å². The van der Waals surface area contributed by atoms with Gasteiger partial charge in [0.15, 0.2) is 11.6 Å². The van der Waals surface area contributed by atoms with E-state index in [4.69, 9.17) is 9.47 Å². The van der Waals surface area contributed by atoms with E-state index in [0.717, 1.165) is 55.2 Å². The maximum Gasteiger partial charge on any atom is 0.301 e. The first-order valence-corrected chi connectivity index (χ1v) is 15.0. The Morgan fingerprint density at radius 3 is 2.83 bits per heavy atom. The largest absolute Gasteiger partial charge is 0.453 e. The first-order valence-electron chi connectivity index (χ1n) is 13.6. The van der Waals surface area contributed by atoms with Crippen molar-refractivity contribution >= 4 is 26.8 Å². The van der Waals surface area contributed by atoms with E-state index in [0.29, 0.717) is 17.5 Å². The number of nitrogens with one attached hydrogen (secondary N) is 2. The van der Waals surface area contributed by atoms with Crippen molar-refractivity contribution in [3.05, 3.63) is 58.4 Å². The lowest BCUT2D eigenvalue weighted by atomic mass is 9.84. The Morgan fingerprint density at radius 2 is 2.10 bits per heavy atom. The molecular weight excluding hydrogens is 551 g/mol. The van der Waals surface area contributed by atoms with E-state index in [-0.39, 0.29) is 46.2 Å². The van der Waals surface area contributed by atoms with Gasteiger partial charge in [-0.3, -0.25) is 14.1 Å². The summed E-state index contributed by atoms with van der Waals surface area (Å²) >= 11 is 0. The maximum absolute atomic E-state index is 14.9. The van der Waals surface area contributed by atoms with Crippen molar-refractivity contribution < 1.29 is 22.3 Å². The number of benzene rings is 2. The molecule has 0 bridgehead atoms. The van der Waals surface area contributed by atoms with Crippen molar-refractivity contribution in [1.29, 1.82) is 5.26 Å². The zero-order valence-corrected chi connectivity index (χ0v) is 23.6. The summed E-state index contributed by atoms with van der Waals surface area (Å²) in [6.45, 7) is 4.33. The summed E-state index contributed by atoms with van der Waals surface area (Å²) in [6, 6.07) is 8.58. The van der Waals surface area contributed by atoms with E-state index in [9.17, 15) is 22.9 Å². The van der Waals surface area contributed by atoms with Gasteiger partial charge in [-0.1, -0.05) is 6.92 Å². The number of anilines is 1. The first kappa shape index (κ1) is 27.6. The summed E-state index contributed by atoms with van der Waals surface area (Å²) in [4.78, 5) is 18.1. The summed E-state index contributed by atoms with van der Waals surface area (Å²) in [5.74, 6) is -1.20. The van der Waals surface area contributed by atoms with Gasteiger partial charge in [0.05, 0.1) is 35.1 Å². The average Bonchev–Trinajstić information content (AvgIpc) is 3.55. The highest BCUT2D eigenvalue weighted by Crippen LogP contribution is 2.65. The van der Waals surface area contributed by atoms with Gasteiger partial charge < -0.3 is 14.8 Å². The Balaban J connectivity index is 1.29. The molecule has 2 N–H and O–H groups in total. The SMILES string of the molecule is CCN(C)S(=O)(=O)Nc1ccc(F)c(Oc2ccc3ncn(C4CC45COC4(CCNCC4)C5)c(=O)c3c2)c1C#N. The molecule has 41 heavy (non-hydrogen) atoms. The number of hydrogen-bond donors (Lipinski definition) is 2. The third-order valence-electron chi connectivity index (χ3n) is 8.63. The Labute approximate surface area is 237 Å². The number of fused-ring (bicyclic) bond motifs is 1. The number of hydrogen-bond acceptors (Lipinski definition) is 8. The van der Waals surface area contributed by atoms with Crippen molar-refractivity contribution in [3.63, 3.8) is 0 Å². The smallest absolute Gasteiger partial charge is 0.301 e. The molecule has 2 atom stereocenters. The van der Waals surface area contributed by atoms with E-state index in [1.54, 1.807) is 23.9 Å². The highest BCUT2D eigenvalue weighted by Gasteiger charge is 2.64. The van der Waals surface area contributed by atoms with Gasteiger partial charge >= 0.3 is 10.2 Å². The van der Waals surface area contributed by atoms with Crippen molar-refractivity contribution in [2.75, 3.05) is 38.0 Å². The maximum atomic E-state index is 14.9. The van der Waals surface area contributed by atoms with Gasteiger partial charge in [0.2, 0.25) is 0 Å². The van der Waals surface area contributed by atoms with Gasteiger partial charge in [0, 0.05) is 25.0 Å². The number of piperidine rings is 1. The van der Waals surface area contributed by atoms with Crippen LogP contribution in [0.3, 0.4) is 0 Å². The Morgan fingerprint density at radius 1 is 1.32 bits per heavy atom. The molecule has 1 aliphatic carbocycles. The normalized spacial score (nSPS) is 23.2. The van der Waals surface area contributed by atoms with E-state index < -0.39 is 21.8 Å². The van der Waals surface area contributed by atoms with Crippen molar-refractivity contribution in [3.8, 4) is 17.6 Å². The Bertz CT molecular complexity index is 1730. The van der Waals surface area contributed by atoms with E-state index in [1.807, 2.05) is 6.07 Å². The molecule has 1 saturated carbocycles. The van der Waals surface area contributed by atoms with Gasteiger partial charge in [-0.15, -0.1) is 0 Å². The van der Waals surface area contributed by atoms with Crippen LogP contribution in [0.5, 0.6) is 11.5 Å². The monoisotopic (exact) mass is 582 g/mol. The molecule has 3 aromatic rings. The molecule has 2 aliphatic heterocycles. The van der Waals surface area contributed by atoms with Crippen LogP contribution >= 0.6 is 0 Å². The van der Waals surface area contributed by atoms with Crippen molar-refractivity contribution in [1.82, 2.24) is 19.2 Å². The molecule has 6 rings (SSSR count). The molecule has 2 unspecified atom stereocenters. The minimum atomic E-state index is -3.97. The standard InChI is InChI=1S/C28H31FN6O5S/c1-3-34(2)41(37,38)33-23-7-5-21(29)25(20(23)14-30)40-18-4-6-22-19(12-18)26(36)35(17-32-22)24-13-27(24)15-28(39-16-27)8-10-31-11-9-28/h4-7,12,17,24,31,33H,3,8-11,13,15-16H2,1-2H3. The topological polar surface area (TPSA) is 139 Å². The van der Waals surface area contributed by atoms with Crippen LogP contribution in [0, 0.1) is 22.6 Å². The third-order valence-corrected chi connectivity index (χ3v) is 10.2. The fraction of sp³-hybridized carbons (Fsp3) is 0.464. The second-order valence-corrected chi connectivity index (χ2v) is 12.9. The number of nitriles is 1. The van der Waals surface area contributed by atoms with Crippen LogP contribution in [0.15, 0.2) is 41.5 Å². The second kappa shape index (κ2) is 10.1. The predicted molar refractivity (Wildman–Crippen MR) is 150 cm³/mol. The van der Waals surface area contributed by atoms with E-state index in [2.05, 4.69) is 15.0 Å². The quantitative estimate of drug-likeness (QED) is 0.433. The van der Waals surface area contributed by atoms with Gasteiger partial charge in [0.1, 0.15) is 17.4 Å². The Kier molecular flexibility index (Phi) is 6.77.